The van der Waals surface area contributed by atoms with Crippen LogP contribution in [-0.2, 0) is 17.8 Å². The Hall–Kier alpha value is -3.00. The molecule has 152 valence electrons. The molecule has 0 unspecified atom stereocenters. The highest BCUT2D eigenvalue weighted by Gasteiger charge is 2.20. The van der Waals surface area contributed by atoms with Crippen molar-refractivity contribution < 1.29 is 23.2 Å². The van der Waals surface area contributed by atoms with Gasteiger partial charge in [-0.15, -0.1) is 0 Å². The van der Waals surface area contributed by atoms with E-state index in [1.165, 1.54) is 12.1 Å². The molecule has 3 aromatic rings. The summed E-state index contributed by atoms with van der Waals surface area (Å²) < 4.78 is 29.9. The monoisotopic (exact) mass is 399 g/mol. The number of halogens is 1. The summed E-state index contributed by atoms with van der Waals surface area (Å²) in [7, 11) is 0. The van der Waals surface area contributed by atoms with Gasteiger partial charge < -0.3 is 19.3 Å². The Morgan fingerprint density at radius 2 is 2.14 bits per heavy atom. The first kappa shape index (κ1) is 19.3. The third-order valence-electron chi connectivity index (χ3n) is 4.90. The molecule has 8 heteroatoms. The van der Waals surface area contributed by atoms with Gasteiger partial charge in [0.2, 0.25) is 0 Å². The van der Waals surface area contributed by atoms with Gasteiger partial charge in [0.15, 0.2) is 6.79 Å². The number of hydrogen-bond acceptors (Lipinski definition) is 6. The molecule has 1 N–H and O–H groups in total. The van der Waals surface area contributed by atoms with Crippen molar-refractivity contribution >= 4 is 17.0 Å². The molecule has 0 aliphatic carbocycles. The number of benzene rings is 1. The second-order valence-electron chi connectivity index (χ2n) is 7.37. The maximum absolute atomic E-state index is 13.9. The third-order valence-corrected chi connectivity index (χ3v) is 4.90. The molecule has 29 heavy (non-hydrogen) atoms. The van der Waals surface area contributed by atoms with Crippen LogP contribution in [0.4, 0.5) is 4.39 Å². The van der Waals surface area contributed by atoms with E-state index in [0.717, 1.165) is 5.69 Å². The summed E-state index contributed by atoms with van der Waals surface area (Å²) in [6.07, 6.45) is 0.430. The van der Waals surface area contributed by atoms with Crippen molar-refractivity contribution in [3.63, 3.8) is 0 Å². The lowest BCUT2D eigenvalue weighted by Gasteiger charge is -2.21. The minimum absolute atomic E-state index is 0.134. The quantitative estimate of drug-likeness (QED) is 0.705. The fourth-order valence-electron chi connectivity index (χ4n) is 3.44. The van der Waals surface area contributed by atoms with Crippen molar-refractivity contribution in [3.05, 3.63) is 52.1 Å². The van der Waals surface area contributed by atoms with Crippen LogP contribution in [0, 0.1) is 12.7 Å². The van der Waals surface area contributed by atoms with Crippen LogP contribution in [0.3, 0.4) is 0 Å². The van der Waals surface area contributed by atoms with Crippen LogP contribution in [0.25, 0.3) is 11.1 Å². The lowest BCUT2D eigenvalue weighted by molar-refractivity contribution is -0.0172. The van der Waals surface area contributed by atoms with Gasteiger partial charge in [-0.3, -0.25) is 4.79 Å². The highest BCUT2D eigenvalue weighted by Crippen LogP contribution is 2.30. The Morgan fingerprint density at radius 1 is 1.31 bits per heavy atom. The largest absolute Gasteiger partial charge is 0.467 e. The zero-order valence-corrected chi connectivity index (χ0v) is 16.5. The van der Waals surface area contributed by atoms with Crippen molar-refractivity contribution in [2.24, 2.45) is 0 Å². The third kappa shape index (κ3) is 3.80. The van der Waals surface area contributed by atoms with Gasteiger partial charge in [-0.25, -0.2) is 9.37 Å². The molecule has 0 atom stereocenters. The fraction of sp³-hybridized carbons (Fsp3) is 0.381. The molecule has 0 saturated carbocycles. The van der Waals surface area contributed by atoms with Crippen LogP contribution in [0.5, 0.6) is 5.75 Å². The number of amides is 1. The van der Waals surface area contributed by atoms with Crippen LogP contribution < -0.4 is 10.1 Å². The van der Waals surface area contributed by atoms with Crippen LogP contribution in [-0.4, -0.2) is 29.4 Å². The lowest BCUT2D eigenvalue weighted by atomic mass is 10.0. The molecule has 1 aliphatic heterocycles. The number of carbonyl (C=O) groups is 1. The van der Waals surface area contributed by atoms with Crippen LogP contribution in [0.2, 0.25) is 0 Å². The van der Waals surface area contributed by atoms with Crippen molar-refractivity contribution in [2.75, 3.05) is 13.3 Å². The number of pyridine rings is 1. The van der Waals surface area contributed by atoms with Crippen molar-refractivity contribution in [3.8, 4) is 5.75 Å². The summed E-state index contributed by atoms with van der Waals surface area (Å²) in [5.74, 6) is 0.168. The van der Waals surface area contributed by atoms with E-state index in [-0.39, 0.29) is 24.4 Å². The number of ether oxygens (including phenoxy) is 2. The standard InChI is InChI=1S/C21H22FN3O4/c1-11(2)17-8-16(18-12(3)25-29-21(18)24-17)20(26)23-5-4-13-6-15(22)7-14-9-27-10-28-19(13)14/h6-8,11H,4-5,9-10H2,1-3H3,(H,23,26). The Labute approximate surface area is 167 Å². The summed E-state index contributed by atoms with van der Waals surface area (Å²) in [6.45, 7) is 6.54. The smallest absolute Gasteiger partial charge is 0.259 e. The van der Waals surface area contributed by atoms with Crippen molar-refractivity contribution in [1.29, 1.82) is 0 Å². The topological polar surface area (TPSA) is 86.5 Å². The van der Waals surface area contributed by atoms with E-state index >= 15 is 0 Å². The maximum atomic E-state index is 13.9. The molecule has 3 heterocycles. The van der Waals surface area contributed by atoms with Crippen LogP contribution in [0.15, 0.2) is 22.7 Å². The van der Waals surface area contributed by atoms with Crippen LogP contribution in [0.1, 0.15) is 52.6 Å². The molecule has 0 radical (unpaired) electrons. The highest BCUT2D eigenvalue weighted by atomic mass is 19.1. The van der Waals surface area contributed by atoms with E-state index in [4.69, 9.17) is 14.0 Å². The normalized spacial score (nSPS) is 13.4. The number of nitrogens with one attached hydrogen (secondary N) is 1. The fourth-order valence-corrected chi connectivity index (χ4v) is 3.44. The second kappa shape index (κ2) is 7.79. The SMILES string of the molecule is Cc1noc2nc(C(C)C)cc(C(=O)NCCc3cc(F)cc4c3OCOC4)c12. The Bertz CT molecular complexity index is 1080. The summed E-state index contributed by atoms with van der Waals surface area (Å²) in [4.78, 5) is 17.3. The number of rotatable bonds is 5. The van der Waals surface area contributed by atoms with Gasteiger partial charge in [0.25, 0.3) is 11.6 Å². The van der Waals surface area contributed by atoms with Crippen molar-refractivity contribution in [2.45, 2.75) is 39.7 Å². The minimum Gasteiger partial charge on any atom is -0.467 e. The maximum Gasteiger partial charge on any atom is 0.259 e. The van der Waals surface area contributed by atoms with Gasteiger partial charge in [-0.05, 0) is 43.0 Å². The van der Waals surface area contributed by atoms with E-state index in [2.05, 4.69) is 15.5 Å². The molecule has 4 rings (SSSR count). The number of carbonyl (C=O) groups excluding carboxylic acids is 1. The lowest BCUT2D eigenvalue weighted by Crippen LogP contribution is -2.26. The zero-order valence-electron chi connectivity index (χ0n) is 16.5. The van der Waals surface area contributed by atoms with E-state index in [1.807, 2.05) is 13.8 Å². The molecule has 2 aromatic heterocycles. The number of hydrogen-bond donors (Lipinski definition) is 1. The van der Waals surface area contributed by atoms with Crippen molar-refractivity contribution in [1.82, 2.24) is 15.5 Å². The summed E-state index contributed by atoms with van der Waals surface area (Å²) in [5, 5.41) is 7.45. The minimum atomic E-state index is -0.350. The molecule has 1 aliphatic rings. The van der Waals surface area contributed by atoms with Crippen LogP contribution >= 0.6 is 0 Å². The summed E-state index contributed by atoms with van der Waals surface area (Å²) in [6, 6.07) is 4.62. The Balaban J connectivity index is 1.54. The van der Waals surface area contributed by atoms with Gasteiger partial charge in [0.1, 0.15) is 11.6 Å². The first-order valence-electron chi connectivity index (χ1n) is 9.51. The predicted octanol–water partition coefficient (Wildman–Crippen LogP) is 3.63. The zero-order chi connectivity index (χ0) is 20.5. The molecular weight excluding hydrogens is 377 g/mol. The van der Waals surface area contributed by atoms with Gasteiger partial charge >= 0.3 is 0 Å². The number of nitrogens with zero attached hydrogens (tertiary/aromatic N) is 2. The number of fused-ring (bicyclic) bond motifs is 2. The molecule has 1 aromatic carbocycles. The molecule has 0 bridgehead atoms. The second-order valence-corrected chi connectivity index (χ2v) is 7.37. The van der Waals surface area contributed by atoms with E-state index in [1.54, 1.807) is 13.0 Å². The molecule has 0 spiro atoms. The molecular formula is C21H22FN3O4. The average Bonchev–Trinajstić information content (AvgIpc) is 3.08. The Kier molecular flexibility index (Phi) is 5.19. The first-order chi connectivity index (χ1) is 13.9. The molecule has 0 fully saturated rings. The van der Waals surface area contributed by atoms with Gasteiger partial charge in [0, 0.05) is 17.8 Å². The highest BCUT2D eigenvalue weighted by molar-refractivity contribution is 6.06. The molecule has 0 saturated heterocycles. The van der Waals surface area contributed by atoms with E-state index < -0.39 is 0 Å². The number of aromatic nitrogens is 2. The molecule has 7 nitrogen and oxygen atoms in total. The van der Waals surface area contributed by atoms with Gasteiger partial charge in [0.05, 0.1) is 23.3 Å². The summed E-state index contributed by atoms with van der Waals surface area (Å²) in [5.41, 5.74) is 3.57. The Morgan fingerprint density at radius 3 is 2.93 bits per heavy atom. The molecule has 1 amide bonds. The average molecular weight is 399 g/mol. The van der Waals surface area contributed by atoms with Gasteiger partial charge in [-0.1, -0.05) is 19.0 Å². The predicted molar refractivity (Wildman–Crippen MR) is 103 cm³/mol. The first-order valence-corrected chi connectivity index (χ1v) is 9.51. The number of aryl methyl sites for hydroxylation is 1. The van der Waals surface area contributed by atoms with Gasteiger partial charge in [-0.2, -0.15) is 0 Å². The van der Waals surface area contributed by atoms with E-state index in [9.17, 15) is 9.18 Å². The summed E-state index contributed by atoms with van der Waals surface area (Å²) >= 11 is 0. The van der Waals surface area contributed by atoms with E-state index in [0.29, 0.717) is 58.8 Å².